The molecule has 1 amide bonds. The fourth-order valence-corrected chi connectivity index (χ4v) is 4.16. The zero-order valence-electron chi connectivity index (χ0n) is 19.4. The molecule has 1 unspecified atom stereocenters. The Balaban J connectivity index is 1.69. The second-order valence-corrected chi connectivity index (χ2v) is 8.02. The van der Waals surface area contributed by atoms with Gasteiger partial charge in [0.15, 0.2) is 0 Å². The van der Waals surface area contributed by atoms with E-state index in [1.807, 2.05) is 38.1 Å². The summed E-state index contributed by atoms with van der Waals surface area (Å²) >= 11 is 0. The number of hydrogen-bond acceptors (Lipinski definition) is 6. The van der Waals surface area contributed by atoms with Gasteiger partial charge in [-0.2, -0.15) is 0 Å². The van der Waals surface area contributed by atoms with E-state index in [9.17, 15) is 14.7 Å². The summed E-state index contributed by atoms with van der Waals surface area (Å²) in [7, 11) is 1.60. The zero-order valence-corrected chi connectivity index (χ0v) is 19.4. The van der Waals surface area contributed by atoms with Crippen LogP contribution in [0.25, 0.3) is 5.76 Å². The van der Waals surface area contributed by atoms with Crippen LogP contribution in [-0.4, -0.2) is 42.0 Å². The van der Waals surface area contributed by atoms with Gasteiger partial charge in [-0.05, 0) is 73.9 Å². The molecule has 0 spiro atoms. The van der Waals surface area contributed by atoms with Crippen LogP contribution in [0.3, 0.4) is 0 Å². The molecule has 3 aromatic rings. The smallest absolute Gasteiger partial charge is 0.295 e. The minimum atomic E-state index is -0.819. The van der Waals surface area contributed by atoms with Crippen molar-refractivity contribution in [3.63, 3.8) is 0 Å². The molecule has 0 radical (unpaired) electrons. The van der Waals surface area contributed by atoms with Crippen molar-refractivity contribution in [3.05, 3.63) is 88.9 Å². The predicted octanol–water partition coefficient (Wildman–Crippen LogP) is 4.66. The number of ether oxygens (including phenoxy) is 2. The molecule has 1 atom stereocenters. The molecule has 176 valence electrons. The van der Waals surface area contributed by atoms with Gasteiger partial charge in [0.1, 0.15) is 29.1 Å². The summed E-state index contributed by atoms with van der Waals surface area (Å²) in [6.07, 6.45) is 2.01. The second-order valence-electron chi connectivity index (χ2n) is 8.02. The molecule has 1 fully saturated rings. The summed E-state index contributed by atoms with van der Waals surface area (Å²) < 4.78 is 16.4. The summed E-state index contributed by atoms with van der Waals surface area (Å²) in [5.74, 6) is 0.210. The Morgan fingerprint density at radius 3 is 2.50 bits per heavy atom. The molecule has 1 N–H and O–H groups in total. The molecule has 2 aromatic carbocycles. The van der Waals surface area contributed by atoms with Crippen molar-refractivity contribution in [3.8, 4) is 11.5 Å². The van der Waals surface area contributed by atoms with Gasteiger partial charge < -0.3 is 23.9 Å². The Morgan fingerprint density at radius 1 is 1.12 bits per heavy atom. The van der Waals surface area contributed by atoms with Crippen molar-refractivity contribution in [1.82, 2.24) is 4.90 Å². The normalized spacial score (nSPS) is 17.3. The molecule has 0 aliphatic carbocycles. The van der Waals surface area contributed by atoms with E-state index >= 15 is 0 Å². The Kier molecular flexibility index (Phi) is 6.72. The topological polar surface area (TPSA) is 89.2 Å². The third-order valence-electron chi connectivity index (χ3n) is 5.90. The van der Waals surface area contributed by atoms with Gasteiger partial charge in [-0.15, -0.1) is 0 Å². The first-order valence-corrected chi connectivity index (χ1v) is 11.1. The first-order chi connectivity index (χ1) is 16.4. The van der Waals surface area contributed by atoms with E-state index in [2.05, 4.69) is 0 Å². The first kappa shape index (κ1) is 23.2. The number of methoxy groups -OCH3 is 1. The van der Waals surface area contributed by atoms with E-state index < -0.39 is 17.7 Å². The number of rotatable bonds is 8. The van der Waals surface area contributed by atoms with Crippen LogP contribution < -0.4 is 9.47 Å². The molecule has 34 heavy (non-hydrogen) atoms. The van der Waals surface area contributed by atoms with Gasteiger partial charge in [-0.25, -0.2) is 0 Å². The number of benzene rings is 2. The third kappa shape index (κ3) is 4.41. The van der Waals surface area contributed by atoms with Gasteiger partial charge in [-0.1, -0.05) is 12.1 Å². The highest BCUT2D eigenvalue weighted by Gasteiger charge is 2.47. The van der Waals surface area contributed by atoms with Crippen molar-refractivity contribution in [2.75, 3.05) is 20.3 Å². The summed E-state index contributed by atoms with van der Waals surface area (Å²) in [4.78, 5) is 27.6. The predicted molar refractivity (Wildman–Crippen MR) is 127 cm³/mol. The van der Waals surface area contributed by atoms with Crippen LogP contribution in [0.5, 0.6) is 11.5 Å². The summed E-state index contributed by atoms with van der Waals surface area (Å²) in [5, 5.41) is 11.2. The number of aryl methyl sites for hydroxylation is 1. The monoisotopic (exact) mass is 461 g/mol. The minimum absolute atomic E-state index is 0.0123. The van der Waals surface area contributed by atoms with Gasteiger partial charge in [0.25, 0.3) is 11.7 Å². The van der Waals surface area contributed by atoms with Gasteiger partial charge in [-0.3, -0.25) is 9.59 Å². The standard InChI is InChI=1S/C27H27NO6/c1-4-33-21-12-9-19(16-17(21)2)25(29)23-24(22-6-5-15-34-22)28(27(31)26(23)30)14-13-18-7-10-20(32-3)11-8-18/h5-12,15-16,24,29H,4,13-14H2,1-3H3/b25-23-. The molecule has 1 aromatic heterocycles. The van der Waals surface area contributed by atoms with Gasteiger partial charge in [0.05, 0.1) is 25.6 Å². The molecule has 1 saturated heterocycles. The van der Waals surface area contributed by atoms with Crippen molar-refractivity contribution in [2.24, 2.45) is 0 Å². The highest BCUT2D eigenvalue weighted by Crippen LogP contribution is 2.40. The van der Waals surface area contributed by atoms with Gasteiger partial charge >= 0.3 is 0 Å². The Morgan fingerprint density at radius 2 is 1.88 bits per heavy atom. The lowest BCUT2D eigenvalue weighted by atomic mass is 9.98. The number of furan rings is 1. The lowest BCUT2D eigenvalue weighted by Gasteiger charge is -2.23. The number of likely N-dealkylation sites (tertiary alicyclic amines) is 1. The summed E-state index contributed by atoms with van der Waals surface area (Å²) in [6.45, 7) is 4.55. The van der Waals surface area contributed by atoms with E-state index in [0.717, 1.165) is 16.9 Å². The number of aliphatic hydroxyl groups excluding tert-OH is 1. The van der Waals surface area contributed by atoms with Crippen LogP contribution >= 0.6 is 0 Å². The SMILES string of the molecule is CCOc1ccc(/C(O)=C2/C(=O)C(=O)N(CCc3ccc(OC)cc3)C2c2ccco2)cc1C. The van der Waals surface area contributed by atoms with E-state index in [1.165, 1.54) is 11.2 Å². The molecule has 0 bridgehead atoms. The molecule has 1 aliphatic rings. The second kappa shape index (κ2) is 9.87. The fourth-order valence-electron chi connectivity index (χ4n) is 4.16. The van der Waals surface area contributed by atoms with E-state index in [-0.39, 0.29) is 17.9 Å². The van der Waals surface area contributed by atoms with Gasteiger partial charge in [0.2, 0.25) is 0 Å². The molecule has 1 aliphatic heterocycles. The van der Waals surface area contributed by atoms with Crippen LogP contribution in [0.15, 0.2) is 70.9 Å². The number of Topliss-reactive ketones (excluding diaryl/α,β-unsaturated/α-hetero) is 1. The maximum absolute atomic E-state index is 13.1. The molecule has 7 nitrogen and oxygen atoms in total. The van der Waals surface area contributed by atoms with Crippen molar-refractivity contribution in [1.29, 1.82) is 0 Å². The number of carbonyl (C=O) groups is 2. The van der Waals surface area contributed by atoms with Crippen LogP contribution in [0.4, 0.5) is 0 Å². The average Bonchev–Trinajstić information content (AvgIpc) is 3.46. The zero-order chi connectivity index (χ0) is 24.2. The van der Waals surface area contributed by atoms with E-state index in [4.69, 9.17) is 13.9 Å². The largest absolute Gasteiger partial charge is 0.507 e. The Hall–Kier alpha value is -4.00. The number of hydrogen-bond donors (Lipinski definition) is 1. The minimum Gasteiger partial charge on any atom is -0.507 e. The molecule has 2 heterocycles. The Labute approximate surface area is 198 Å². The first-order valence-electron chi connectivity index (χ1n) is 11.1. The lowest BCUT2D eigenvalue weighted by Crippen LogP contribution is -2.31. The van der Waals surface area contributed by atoms with Crippen LogP contribution in [0.1, 0.15) is 35.4 Å². The number of carbonyl (C=O) groups excluding carboxylic acids is 2. The van der Waals surface area contributed by atoms with Crippen molar-refractivity contribution < 1.29 is 28.6 Å². The maximum Gasteiger partial charge on any atom is 0.295 e. The third-order valence-corrected chi connectivity index (χ3v) is 5.90. The summed E-state index contributed by atoms with van der Waals surface area (Å²) in [5.41, 5.74) is 2.25. The molecule has 0 saturated carbocycles. The van der Waals surface area contributed by atoms with E-state index in [1.54, 1.807) is 37.4 Å². The highest BCUT2D eigenvalue weighted by atomic mass is 16.5. The molecular weight excluding hydrogens is 434 g/mol. The van der Waals surface area contributed by atoms with Gasteiger partial charge in [0, 0.05) is 12.1 Å². The number of ketones is 1. The van der Waals surface area contributed by atoms with Crippen molar-refractivity contribution >= 4 is 17.4 Å². The fraction of sp³-hybridized carbons (Fsp3) is 0.259. The van der Waals surface area contributed by atoms with Crippen molar-refractivity contribution in [2.45, 2.75) is 26.3 Å². The number of aliphatic hydroxyl groups is 1. The lowest BCUT2D eigenvalue weighted by molar-refractivity contribution is -0.140. The average molecular weight is 462 g/mol. The highest BCUT2D eigenvalue weighted by molar-refractivity contribution is 6.46. The van der Waals surface area contributed by atoms with Crippen LogP contribution in [0, 0.1) is 6.92 Å². The van der Waals surface area contributed by atoms with Crippen LogP contribution in [0.2, 0.25) is 0 Å². The molecule has 4 rings (SSSR count). The quantitative estimate of drug-likeness (QED) is 0.298. The molecular formula is C27H27NO6. The number of nitrogens with zero attached hydrogens (tertiary/aromatic N) is 1. The van der Waals surface area contributed by atoms with Crippen LogP contribution in [-0.2, 0) is 16.0 Å². The molecule has 7 heteroatoms. The number of amides is 1. The Bertz CT molecular complexity index is 1210. The van der Waals surface area contributed by atoms with E-state index in [0.29, 0.717) is 30.1 Å². The summed E-state index contributed by atoms with van der Waals surface area (Å²) in [6, 6.07) is 15.3. The maximum atomic E-state index is 13.1.